The fourth-order valence-electron chi connectivity index (χ4n) is 3.84. The molecular formula is C20H28N4O2. The molecule has 2 fully saturated rings. The van der Waals surface area contributed by atoms with E-state index < -0.39 is 0 Å². The van der Waals surface area contributed by atoms with Crippen LogP contribution in [0.15, 0.2) is 34.9 Å². The van der Waals surface area contributed by atoms with Gasteiger partial charge in [0.2, 0.25) is 5.89 Å². The molecule has 3 heterocycles. The van der Waals surface area contributed by atoms with Crippen LogP contribution in [-0.4, -0.2) is 65.4 Å². The predicted octanol–water partition coefficient (Wildman–Crippen LogP) is 2.35. The minimum absolute atomic E-state index is 0.443. The van der Waals surface area contributed by atoms with E-state index in [0.29, 0.717) is 6.10 Å². The van der Waals surface area contributed by atoms with E-state index in [1.54, 1.807) is 0 Å². The van der Waals surface area contributed by atoms with Crippen molar-refractivity contribution in [1.82, 2.24) is 19.9 Å². The lowest BCUT2D eigenvalue weighted by Crippen LogP contribution is -2.35. The van der Waals surface area contributed by atoms with E-state index in [1.807, 2.05) is 18.2 Å². The maximum absolute atomic E-state index is 5.78. The van der Waals surface area contributed by atoms with Gasteiger partial charge in [-0.3, -0.25) is 9.80 Å². The van der Waals surface area contributed by atoms with Gasteiger partial charge in [0.1, 0.15) is 0 Å². The lowest BCUT2D eigenvalue weighted by atomic mass is 10.1. The molecule has 0 radical (unpaired) electrons. The van der Waals surface area contributed by atoms with Crippen molar-refractivity contribution >= 4 is 0 Å². The molecule has 0 saturated carbocycles. The van der Waals surface area contributed by atoms with E-state index in [9.17, 15) is 0 Å². The van der Waals surface area contributed by atoms with Gasteiger partial charge in [0.15, 0.2) is 5.82 Å². The number of nitrogens with zero attached hydrogens (tertiary/aromatic N) is 4. The summed E-state index contributed by atoms with van der Waals surface area (Å²) in [7, 11) is 0. The zero-order valence-electron chi connectivity index (χ0n) is 15.3. The number of hydrogen-bond acceptors (Lipinski definition) is 6. The molecule has 6 heteroatoms. The quantitative estimate of drug-likeness (QED) is 0.792. The molecule has 2 saturated heterocycles. The smallest absolute Gasteiger partial charge is 0.240 e. The van der Waals surface area contributed by atoms with Crippen LogP contribution in [0.5, 0.6) is 0 Å². The highest BCUT2D eigenvalue weighted by Gasteiger charge is 2.22. The Morgan fingerprint density at radius 1 is 1.00 bits per heavy atom. The maximum Gasteiger partial charge on any atom is 0.240 e. The second-order valence-electron chi connectivity index (χ2n) is 7.33. The molecule has 0 bridgehead atoms. The van der Waals surface area contributed by atoms with E-state index in [4.69, 9.17) is 9.26 Å². The first-order valence-corrected chi connectivity index (χ1v) is 9.77. The predicted molar refractivity (Wildman–Crippen MR) is 98.9 cm³/mol. The normalized spacial score (nSPS) is 22.5. The fraction of sp³-hybridized carbons (Fsp3) is 0.600. The van der Waals surface area contributed by atoms with Crippen molar-refractivity contribution in [3.63, 3.8) is 0 Å². The molecule has 1 aromatic heterocycles. The Labute approximate surface area is 155 Å². The van der Waals surface area contributed by atoms with Gasteiger partial charge in [-0.1, -0.05) is 35.5 Å². The Morgan fingerprint density at radius 3 is 2.69 bits per heavy atom. The molecular weight excluding hydrogens is 328 g/mol. The fourth-order valence-corrected chi connectivity index (χ4v) is 3.84. The van der Waals surface area contributed by atoms with Gasteiger partial charge in [-0.05, 0) is 37.9 Å². The van der Waals surface area contributed by atoms with Gasteiger partial charge in [-0.2, -0.15) is 4.98 Å². The molecule has 1 atom stereocenters. The highest BCUT2D eigenvalue weighted by Crippen LogP contribution is 2.15. The molecule has 6 nitrogen and oxygen atoms in total. The van der Waals surface area contributed by atoms with Crippen molar-refractivity contribution < 1.29 is 9.26 Å². The molecule has 0 N–H and O–H groups in total. The number of rotatable bonds is 6. The first-order chi connectivity index (χ1) is 12.8. The minimum Gasteiger partial charge on any atom is -0.377 e. The summed E-state index contributed by atoms with van der Waals surface area (Å²) in [6.07, 6.45) is 4.77. The average molecular weight is 356 g/mol. The largest absolute Gasteiger partial charge is 0.377 e. The van der Waals surface area contributed by atoms with Crippen LogP contribution in [0.4, 0.5) is 0 Å². The second kappa shape index (κ2) is 8.75. The summed E-state index contributed by atoms with van der Waals surface area (Å²) < 4.78 is 11.3. The summed E-state index contributed by atoms with van der Waals surface area (Å²) in [5, 5.41) is 4.14. The van der Waals surface area contributed by atoms with Crippen molar-refractivity contribution in [3.8, 4) is 0 Å². The minimum atomic E-state index is 0.443. The number of hydrogen-bond donors (Lipinski definition) is 0. The summed E-state index contributed by atoms with van der Waals surface area (Å²) in [6.45, 7) is 7.13. The molecule has 0 spiro atoms. The summed E-state index contributed by atoms with van der Waals surface area (Å²) in [5.41, 5.74) is 1.21. The van der Waals surface area contributed by atoms with Crippen LogP contribution < -0.4 is 0 Å². The maximum atomic E-state index is 5.78. The molecule has 140 valence electrons. The average Bonchev–Trinajstić information content (AvgIpc) is 3.27. The monoisotopic (exact) mass is 356 g/mol. The molecule has 26 heavy (non-hydrogen) atoms. The SMILES string of the molecule is c1ccc(Cc2noc(CN3CCCN(CC4CCCO4)CC3)n2)cc1. The van der Waals surface area contributed by atoms with Crippen molar-refractivity contribution in [3.05, 3.63) is 47.6 Å². The van der Waals surface area contributed by atoms with Gasteiger partial charge in [-0.15, -0.1) is 0 Å². The van der Waals surface area contributed by atoms with Crippen LogP contribution in [0.2, 0.25) is 0 Å². The summed E-state index contributed by atoms with van der Waals surface area (Å²) >= 11 is 0. The number of benzene rings is 1. The van der Waals surface area contributed by atoms with Crippen molar-refractivity contribution in [2.24, 2.45) is 0 Å². The molecule has 0 amide bonds. The van der Waals surface area contributed by atoms with Gasteiger partial charge in [0.25, 0.3) is 0 Å². The van der Waals surface area contributed by atoms with Crippen LogP contribution in [0.1, 0.15) is 36.5 Å². The first kappa shape index (κ1) is 17.6. The number of aromatic nitrogens is 2. The van der Waals surface area contributed by atoms with E-state index in [0.717, 1.165) is 64.0 Å². The summed E-state index contributed by atoms with van der Waals surface area (Å²) in [5.74, 6) is 1.49. The zero-order chi connectivity index (χ0) is 17.6. The highest BCUT2D eigenvalue weighted by atomic mass is 16.5. The lowest BCUT2D eigenvalue weighted by molar-refractivity contribution is 0.0741. The van der Waals surface area contributed by atoms with E-state index in [-0.39, 0.29) is 0 Å². The zero-order valence-corrected chi connectivity index (χ0v) is 15.3. The molecule has 2 aliphatic heterocycles. The van der Waals surface area contributed by atoms with E-state index in [1.165, 1.54) is 24.8 Å². The molecule has 4 rings (SSSR count). The third-order valence-corrected chi connectivity index (χ3v) is 5.24. The second-order valence-corrected chi connectivity index (χ2v) is 7.33. The van der Waals surface area contributed by atoms with Crippen LogP contribution in [0.3, 0.4) is 0 Å². The van der Waals surface area contributed by atoms with Gasteiger partial charge in [0, 0.05) is 32.7 Å². The van der Waals surface area contributed by atoms with Crippen molar-refractivity contribution in [2.75, 3.05) is 39.3 Å². The van der Waals surface area contributed by atoms with E-state index in [2.05, 4.69) is 32.1 Å². The van der Waals surface area contributed by atoms with Gasteiger partial charge >= 0.3 is 0 Å². The Morgan fingerprint density at radius 2 is 1.85 bits per heavy atom. The van der Waals surface area contributed by atoms with Gasteiger partial charge < -0.3 is 9.26 Å². The van der Waals surface area contributed by atoms with Gasteiger partial charge in [0.05, 0.1) is 12.6 Å². The van der Waals surface area contributed by atoms with Crippen LogP contribution >= 0.6 is 0 Å². The van der Waals surface area contributed by atoms with Crippen LogP contribution in [-0.2, 0) is 17.7 Å². The topological polar surface area (TPSA) is 54.6 Å². The van der Waals surface area contributed by atoms with Crippen molar-refractivity contribution in [2.45, 2.75) is 38.3 Å². The molecule has 2 aliphatic rings. The van der Waals surface area contributed by atoms with Crippen LogP contribution in [0, 0.1) is 0 Å². The molecule has 1 unspecified atom stereocenters. The summed E-state index contributed by atoms with van der Waals surface area (Å²) in [6, 6.07) is 10.3. The third kappa shape index (κ3) is 4.90. The standard InChI is InChI=1S/C20H28N4O2/c1-2-6-17(7-3-1)14-19-21-20(26-22-19)16-24-10-5-9-23(11-12-24)15-18-8-4-13-25-18/h1-3,6-7,18H,4-5,8-16H2. The Balaban J connectivity index is 1.26. The molecule has 0 aliphatic carbocycles. The first-order valence-electron chi connectivity index (χ1n) is 9.77. The summed E-state index contributed by atoms with van der Waals surface area (Å²) in [4.78, 5) is 9.55. The lowest BCUT2D eigenvalue weighted by Gasteiger charge is -2.23. The van der Waals surface area contributed by atoms with Gasteiger partial charge in [-0.25, -0.2) is 0 Å². The third-order valence-electron chi connectivity index (χ3n) is 5.24. The van der Waals surface area contributed by atoms with E-state index >= 15 is 0 Å². The molecule has 1 aromatic carbocycles. The number of ether oxygens (including phenoxy) is 1. The highest BCUT2D eigenvalue weighted by molar-refractivity contribution is 5.18. The van der Waals surface area contributed by atoms with Crippen LogP contribution in [0.25, 0.3) is 0 Å². The molecule has 2 aromatic rings. The Kier molecular flexibility index (Phi) is 5.94. The Hall–Kier alpha value is -1.76. The van der Waals surface area contributed by atoms with Crippen molar-refractivity contribution in [1.29, 1.82) is 0 Å². The Bertz CT molecular complexity index is 669.